The summed E-state index contributed by atoms with van der Waals surface area (Å²) in [5, 5.41) is 8.14. The molecule has 3 atom stereocenters. The average molecular weight is 235 g/mol. The van der Waals surface area contributed by atoms with E-state index in [1.165, 1.54) is 18.5 Å². The van der Waals surface area contributed by atoms with Gasteiger partial charge in [0.15, 0.2) is 0 Å². The van der Waals surface area contributed by atoms with E-state index in [0.29, 0.717) is 6.04 Å². The van der Waals surface area contributed by atoms with Crippen molar-refractivity contribution in [2.45, 2.75) is 46.1 Å². The molecule has 17 heavy (non-hydrogen) atoms. The van der Waals surface area contributed by atoms with Crippen molar-refractivity contribution in [3.63, 3.8) is 0 Å². The summed E-state index contributed by atoms with van der Waals surface area (Å²) in [5.74, 6) is 1.77. The fourth-order valence-corrected chi connectivity index (χ4v) is 2.70. The molecule has 1 aromatic heterocycles. The molecular weight excluding hydrogens is 210 g/mol. The zero-order chi connectivity index (χ0) is 12.4. The van der Waals surface area contributed by atoms with Crippen LogP contribution in [0.4, 0.5) is 0 Å². The minimum absolute atomic E-state index is 0.639. The molecular formula is C14H25N3. The largest absolute Gasteiger partial charge is 0.313 e. The van der Waals surface area contributed by atoms with Gasteiger partial charge in [0, 0.05) is 25.2 Å². The van der Waals surface area contributed by atoms with E-state index in [9.17, 15) is 0 Å². The second kappa shape index (κ2) is 5.21. The number of nitrogens with zero attached hydrogens (tertiary/aromatic N) is 2. The lowest BCUT2D eigenvalue weighted by atomic mass is 10.0. The number of hydrogen-bond acceptors (Lipinski definition) is 2. The molecule has 1 heterocycles. The van der Waals surface area contributed by atoms with Crippen molar-refractivity contribution in [3.05, 3.63) is 17.5 Å². The summed E-state index contributed by atoms with van der Waals surface area (Å²) in [6, 6.07) is 2.85. The van der Waals surface area contributed by atoms with Crippen LogP contribution >= 0.6 is 0 Å². The van der Waals surface area contributed by atoms with E-state index in [2.05, 4.69) is 44.3 Å². The molecule has 2 rings (SSSR count). The minimum Gasteiger partial charge on any atom is -0.313 e. The number of nitrogens with one attached hydrogen (secondary N) is 1. The van der Waals surface area contributed by atoms with Gasteiger partial charge in [-0.3, -0.25) is 4.68 Å². The number of aromatic nitrogens is 2. The molecule has 3 heteroatoms. The Labute approximate surface area is 105 Å². The molecule has 1 aliphatic rings. The summed E-state index contributed by atoms with van der Waals surface area (Å²) in [7, 11) is 2.05. The summed E-state index contributed by atoms with van der Waals surface area (Å²) >= 11 is 0. The Hall–Kier alpha value is -0.830. The standard InChI is InChI=1S/C14H25N3/c1-5-6-15-14(13-7-10(13)2)9-12-8-11(3)16-17(12)4/h8,10,13-15H,5-7,9H2,1-4H3. The monoisotopic (exact) mass is 235 g/mol. The van der Waals surface area contributed by atoms with Crippen LogP contribution in [0.15, 0.2) is 6.07 Å². The Kier molecular flexibility index (Phi) is 3.87. The van der Waals surface area contributed by atoms with E-state index in [1.807, 2.05) is 4.68 Å². The fraction of sp³-hybridized carbons (Fsp3) is 0.786. The van der Waals surface area contributed by atoms with Crippen molar-refractivity contribution in [1.29, 1.82) is 0 Å². The fourth-order valence-electron chi connectivity index (χ4n) is 2.70. The Balaban J connectivity index is 1.99. The van der Waals surface area contributed by atoms with Crippen LogP contribution in [0.1, 0.15) is 38.1 Å². The maximum absolute atomic E-state index is 4.43. The average Bonchev–Trinajstić information content (AvgIpc) is 2.90. The van der Waals surface area contributed by atoms with E-state index >= 15 is 0 Å². The van der Waals surface area contributed by atoms with Gasteiger partial charge in [-0.2, -0.15) is 5.10 Å². The van der Waals surface area contributed by atoms with E-state index in [1.54, 1.807) is 0 Å². The second-order valence-corrected chi connectivity index (χ2v) is 5.54. The second-order valence-electron chi connectivity index (χ2n) is 5.54. The van der Waals surface area contributed by atoms with Crippen LogP contribution in [0.2, 0.25) is 0 Å². The molecule has 0 spiro atoms. The first-order valence-electron chi connectivity index (χ1n) is 6.84. The van der Waals surface area contributed by atoms with Crippen molar-refractivity contribution in [2.24, 2.45) is 18.9 Å². The lowest BCUT2D eigenvalue weighted by molar-refractivity contribution is 0.434. The van der Waals surface area contributed by atoms with Crippen molar-refractivity contribution in [2.75, 3.05) is 6.54 Å². The minimum atomic E-state index is 0.639. The van der Waals surface area contributed by atoms with Gasteiger partial charge in [-0.05, 0) is 44.2 Å². The molecule has 1 aromatic rings. The van der Waals surface area contributed by atoms with Crippen molar-refractivity contribution in [1.82, 2.24) is 15.1 Å². The zero-order valence-corrected chi connectivity index (χ0v) is 11.5. The van der Waals surface area contributed by atoms with Crippen LogP contribution < -0.4 is 5.32 Å². The summed E-state index contributed by atoms with van der Waals surface area (Å²) in [4.78, 5) is 0. The summed E-state index contributed by atoms with van der Waals surface area (Å²) in [6.07, 6.45) is 3.71. The van der Waals surface area contributed by atoms with Gasteiger partial charge in [0.25, 0.3) is 0 Å². The lowest BCUT2D eigenvalue weighted by Gasteiger charge is -2.18. The molecule has 0 amide bonds. The molecule has 0 saturated heterocycles. The van der Waals surface area contributed by atoms with Gasteiger partial charge >= 0.3 is 0 Å². The Morgan fingerprint density at radius 1 is 1.59 bits per heavy atom. The molecule has 0 aliphatic heterocycles. The van der Waals surface area contributed by atoms with Gasteiger partial charge < -0.3 is 5.32 Å². The first-order valence-corrected chi connectivity index (χ1v) is 6.84. The predicted octanol–water partition coefficient (Wildman–Crippen LogP) is 2.30. The molecule has 3 unspecified atom stereocenters. The van der Waals surface area contributed by atoms with Gasteiger partial charge in [-0.1, -0.05) is 13.8 Å². The summed E-state index contributed by atoms with van der Waals surface area (Å²) < 4.78 is 2.03. The van der Waals surface area contributed by atoms with Crippen LogP contribution in [0.25, 0.3) is 0 Å². The topological polar surface area (TPSA) is 29.9 Å². The molecule has 1 fully saturated rings. The van der Waals surface area contributed by atoms with Gasteiger partial charge in [0.05, 0.1) is 5.69 Å². The van der Waals surface area contributed by atoms with Crippen LogP contribution in [0, 0.1) is 18.8 Å². The quantitative estimate of drug-likeness (QED) is 0.820. The Bertz CT molecular complexity index is 370. The Morgan fingerprint density at radius 3 is 2.76 bits per heavy atom. The smallest absolute Gasteiger partial charge is 0.0596 e. The van der Waals surface area contributed by atoms with Crippen molar-refractivity contribution in [3.8, 4) is 0 Å². The molecule has 1 saturated carbocycles. The SMILES string of the molecule is CCCNC(Cc1cc(C)nn1C)C1CC1C. The molecule has 3 nitrogen and oxygen atoms in total. The van der Waals surface area contributed by atoms with Gasteiger partial charge in [-0.15, -0.1) is 0 Å². The molecule has 0 aromatic carbocycles. The van der Waals surface area contributed by atoms with Gasteiger partial charge in [0.2, 0.25) is 0 Å². The van der Waals surface area contributed by atoms with E-state index in [0.717, 1.165) is 30.5 Å². The van der Waals surface area contributed by atoms with Crippen molar-refractivity contribution < 1.29 is 0 Å². The molecule has 0 bridgehead atoms. The first kappa shape index (κ1) is 12.6. The predicted molar refractivity (Wildman–Crippen MR) is 71.0 cm³/mol. The highest BCUT2D eigenvalue weighted by Gasteiger charge is 2.39. The highest BCUT2D eigenvalue weighted by atomic mass is 15.3. The third-order valence-corrected chi connectivity index (χ3v) is 3.87. The summed E-state index contributed by atoms with van der Waals surface area (Å²) in [5.41, 5.74) is 2.48. The van der Waals surface area contributed by atoms with Gasteiger partial charge in [-0.25, -0.2) is 0 Å². The molecule has 1 aliphatic carbocycles. The third kappa shape index (κ3) is 3.09. The number of aryl methyl sites for hydroxylation is 2. The van der Waals surface area contributed by atoms with Crippen LogP contribution in [0.3, 0.4) is 0 Å². The number of hydrogen-bond donors (Lipinski definition) is 1. The normalized spacial score (nSPS) is 24.9. The van der Waals surface area contributed by atoms with Crippen LogP contribution in [-0.4, -0.2) is 22.4 Å². The van der Waals surface area contributed by atoms with Crippen LogP contribution in [-0.2, 0) is 13.5 Å². The first-order chi connectivity index (χ1) is 8.11. The Morgan fingerprint density at radius 2 is 2.29 bits per heavy atom. The highest BCUT2D eigenvalue weighted by molar-refractivity contribution is 5.11. The molecule has 1 N–H and O–H groups in total. The molecule has 96 valence electrons. The maximum Gasteiger partial charge on any atom is 0.0596 e. The van der Waals surface area contributed by atoms with E-state index < -0.39 is 0 Å². The van der Waals surface area contributed by atoms with Crippen LogP contribution in [0.5, 0.6) is 0 Å². The summed E-state index contributed by atoms with van der Waals surface area (Å²) in [6.45, 7) is 7.79. The zero-order valence-electron chi connectivity index (χ0n) is 11.5. The van der Waals surface area contributed by atoms with Gasteiger partial charge in [0.1, 0.15) is 0 Å². The van der Waals surface area contributed by atoms with E-state index in [-0.39, 0.29) is 0 Å². The number of rotatable bonds is 6. The van der Waals surface area contributed by atoms with Crippen molar-refractivity contribution >= 4 is 0 Å². The third-order valence-electron chi connectivity index (χ3n) is 3.87. The highest BCUT2D eigenvalue weighted by Crippen LogP contribution is 2.41. The maximum atomic E-state index is 4.43. The lowest BCUT2D eigenvalue weighted by Crippen LogP contribution is -2.34. The molecule has 0 radical (unpaired) electrons. The van der Waals surface area contributed by atoms with E-state index in [4.69, 9.17) is 0 Å².